The molecule has 0 aliphatic rings. The SMILES string of the molecule is CCCS(=O)(=O)Nc1cccc(NC(=O)[C@@H](N)Cc2ccccc2)c1. The van der Waals surface area contributed by atoms with Crippen LogP contribution >= 0.6 is 0 Å². The largest absolute Gasteiger partial charge is 0.325 e. The van der Waals surface area contributed by atoms with Crippen LogP contribution in [0.25, 0.3) is 0 Å². The molecule has 2 aromatic carbocycles. The summed E-state index contributed by atoms with van der Waals surface area (Å²) in [6.07, 6.45) is 0.954. The summed E-state index contributed by atoms with van der Waals surface area (Å²) in [4.78, 5) is 12.2. The van der Waals surface area contributed by atoms with Crippen molar-refractivity contribution in [2.75, 3.05) is 15.8 Å². The molecule has 1 amide bonds. The van der Waals surface area contributed by atoms with Crippen LogP contribution in [0.4, 0.5) is 11.4 Å². The van der Waals surface area contributed by atoms with Crippen molar-refractivity contribution in [1.29, 1.82) is 0 Å². The lowest BCUT2D eigenvalue weighted by atomic mass is 10.1. The van der Waals surface area contributed by atoms with E-state index in [4.69, 9.17) is 5.73 Å². The first-order valence-electron chi connectivity index (χ1n) is 8.10. The predicted molar refractivity (Wildman–Crippen MR) is 101 cm³/mol. The molecule has 0 spiro atoms. The summed E-state index contributed by atoms with van der Waals surface area (Å²) in [6, 6.07) is 15.4. The van der Waals surface area contributed by atoms with E-state index in [-0.39, 0.29) is 11.7 Å². The molecular formula is C18H23N3O3S. The van der Waals surface area contributed by atoms with Gasteiger partial charge in [-0.25, -0.2) is 8.42 Å². The molecule has 4 N–H and O–H groups in total. The summed E-state index contributed by atoms with van der Waals surface area (Å²) in [5.74, 6) is -0.275. The van der Waals surface area contributed by atoms with Crippen molar-refractivity contribution in [3.05, 3.63) is 60.2 Å². The maximum absolute atomic E-state index is 12.2. The number of hydrogen-bond acceptors (Lipinski definition) is 4. The average Bonchev–Trinajstić information content (AvgIpc) is 2.55. The third kappa shape index (κ3) is 6.21. The fraction of sp³-hybridized carbons (Fsp3) is 0.278. The van der Waals surface area contributed by atoms with Gasteiger partial charge < -0.3 is 11.1 Å². The Morgan fingerprint density at radius 1 is 1.08 bits per heavy atom. The molecule has 2 rings (SSSR count). The Kier molecular flexibility index (Phi) is 6.55. The van der Waals surface area contributed by atoms with Crippen molar-refractivity contribution < 1.29 is 13.2 Å². The van der Waals surface area contributed by atoms with Crippen LogP contribution in [0, 0.1) is 0 Å². The summed E-state index contributed by atoms with van der Waals surface area (Å²) in [5, 5.41) is 2.72. The highest BCUT2D eigenvalue weighted by atomic mass is 32.2. The van der Waals surface area contributed by atoms with Crippen molar-refractivity contribution in [2.45, 2.75) is 25.8 Å². The molecule has 0 aliphatic carbocycles. The highest BCUT2D eigenvalue weighted by Crippen LogP contribution is 2.17. The minimum Gasteiger partial charge on any atom is -0.325 e. The van der Waals surface area contributed by atoms with Gasteiger partial charge in [-0.1, -0.05) is 43.3 Å². The Bertz CT molecular complexity index is 807. The zero-order valence-electron chi connectivity index (χ0n) is 14.1. The number of sulfonamides is 1. The average molecular weight is 361 g/mol. The van der Waals surface area contributed by atoms with Gasteiger partial charge in [-0.05, 0) is 36.6 Å². The van der Waals surface area contributed by atoms with Crippen molar-refractivity contribution in [1.82, 2.24) is 0 Å². The summed E-state index contributed by atoms with van der Waals surface area (Å²) in [6.45, 7) is 1.80. The molecule has 25 heavy (non-hydrogen) atoms. The van der Waals surface area contributed by atoms with Crippen LogP contribution < -0.4 is 15.8 Å². The number of nitrogens with two attached hydrogens (primary N) is 1. The maximum Gasteiger partial charge on any atom is 0.241 e. The highest BCUT2D eigenvalue weighted by molar-refractivity contribution is 7.92. The van der Waals surface area contributed by atoms with Gasteiger partial charge in [0.25, 0.3) is 0 Å². The van der Waals surface area contributed by atoms with Gasteiger partial charge in [0.2, 0.25) is 15.9 Å². The van der Waals surface area contributed by atoms with Gasteiger partial charge in [-0.3, -0.25) is 9.52 Å². The van der Waals surface area contributed by atoms with Gasteiger partial charge >= 0.3 is 0 Å². The lowest BCUT2D eigenvalue weighted by molar-refractivity contribution is -0.117. The lowest BCUT2D eigenvalue weighted by Crippen LogP contribution is -2.37. The molecule has 7 heteroatoms. The van der Waals surface area contributed by atoms with Gasteiger partial charge in [-0.15, -0.1) is 0 Å². The molecule has 0 aromatic heterocycles. The molecule has 0 bridgehead atoms. The van der Waals surface area contributed by atoms with Crippen molar-refractivity contribution in [3.8, 4) is 0 Å². The monoisotopic (exact) mass is 361 g/mol. The Labute approximate surface area is 148 Å². The van der Waals surface area contributed by atoms with Gasteiger partial charge in [0.15, 0.2) is 0 Å². The van der Waals surface area contributed by atoms with Gasteiger partial charge in [0, 0.05) is 5.69 Å². The first-order valence-corrected chi connectivity index (χ1v) is 9.76. The molecule has 1 atom stereocenters. The Hall–Kier alpha value is -2.38. The smallest absolute Gasteiger partial charge is 0.241 e. The Morgan fingerprint density at radius 2 is 1.76 bits per heavy atom. The molecule has 0 saturated heterocycles. The van der Waals surface area contributed by atoms with Crippen molar-refractivity contribution in [3.63, 3.8) is 0 Å². The second-order valence-corrected chi connectivity index (χ2v) is 7.63. The number of nitrogens with one attached hydrogen (secondary N) is 2. The van der Waals surface area contributed by atoms with E-state index >= 15 is 0 Å². The van der Waals surface area contributed by atoms with Gasteiger partial charge in [-0.2, -0.15) is 0 Å². The number of rotatable bonds is 8. The quantitative estimate of drug-likeness (QED) is 0.672. The molecule has 6 nitrogen and oxygen atoms in total. The second kappa shape index (κ2) is 8.64. The van der Waals surface area contributed by atoms with Crippen LogP contribution in [0.5, 0.6) is 0 Å². The maximum atomic E-state index is 12.2. The second-order valence-electron chi connectivity index (χ2n) is 5.79. The van der Waals surface area contributed by atoms with E-state index < -0.39 is 16.1 Å². The fourth-order valence-electron chi connectivity index (χ4n) is 2.36. The number of benzene rings is 2. The number of carbonyl (C=O) groups is 1. The molecule has 0 unspecified atom stereocenters. The lowest BCUT2D eigenvalue weighted by Gasteiger charge is -2.13. The molecule has 0 radical (unpaired) electrons. The van der Waals surface area contributed by atoms with E-state index in [2.05, 4.69) is 10.0 Å². The number of hydrogen-bond donors (Lipinski definition) is 3. The summed E-state index contributed by atoms with van der Waals surface area (Å²) in [5.41, 5.74) is 7.83. The highest BCUT2D eigenvalue weighted by Gasteiger charge is 2.15. The summed E-state index contributed by atoms with van der Waals surface area (Å²) < 4.78 is 26.1. The minimum absolute atomic E-state index is 0.0472. The molecule has 134 valence electrons. The van der Waals surface area contributed by atoms with Crippen molar-refractivity contribution in [2.24, 2.45) is 5.73 Å². The summed E-state index contributed by atoms with van der Waals surface area (Å²) >= 11 is 0. The van der Waals surface area contributed by atoms with Crippen LogP contribution in [0.3, 0.4) is 0 Å². The van der Waals surface area contributed by atoms with Gasteiger partial charge in [0.05, 0.1) is 17.5 Å². The van der Waals surface area contributed by atoms with Crippen LogP contribution in [-0.2, 0) is 21.2 Å². The molecular weight excluding hydrogens is 338 g/mol. The minimum atomic E-state index is -3.37. The number of anilines is 2. The van der Waals surface area contributed by atoms with Gasteiger partial charge in [0.1, 0.15) is 0 Å². The van der Waals surface area contributed by atoms with E-state index in [1.54, 1.807) is 31.2 Å². The van der Waals surface area contributed by atoms with Crippen LogP contribution in [0.2, 0.25) is 0 Å². The summed E-state index contributed by atoms with van der Waals surface area (Å²) in [7, 11) is -3.37. The van der Waals surface area contributed by atoms with E-state index in [0.717, 1.165) is 5.56 Å². The Morgan fingerprint density at radius 3 is 2.44 bits per heavy atom. The first kappa shape index (κ1) is 19.0. The molecule has 2 aromatic rings. The van der Waals surface area contributed by atoms with E-state index in [1.165, 1.54) is 0 Å². The number of carbonyl (C=O) groups excluding carboxylic acids is 1. The van der Waals surface area contributed by atoms with Crippen LogP contribution in [0.15, 0.2) is 54.6 Å². The normalized spacial score (nSPS) is 12.4. The topological polar surface area (TPSA) is 101 Å². The van der Waals surface area contributed by atoms with Crippen molar-refractivity contribution >= 4 is 27.3 Å². The van der Waals surface area contributed by atoms with E-state index in [1.807, 2.05) is 30.3 Å². The zero-order chi connectivity index (χ0) is 18.3. The predicted octanol–water partition coefficient (Wildman–Crippen LogP) is 2.35. The van der Waals surface area contributed by atoms with E-state index in [0.29, 0.717) is 24.2 Å². The fourth-order valence-corrected chi connectivity index (χ4v) is 3.48. The molecule has 0 saturated carbocycles. The zero-order valence-corrected chi connectivity index (χ0v) is 14.9. The third-order valence-corrected chi connectivity index (χ3v) is 5.00. The van der Waals surface area contributed by atoms with Crippen LogP contribution in [-0.4, -0.2) is 26.1 Å². The standard InChI is InChI=1S/C18H23N3O3S/c1-2-11-25(23,24)21-16-10-6-9-15(13-16)20-18(22)17(19)12-14-7-4-3-5-8-14/h3-10,13,17,21H,2,11-12,19H2,1H3,(H,20,22)/t17-/m0/s1. The molecule has 0 aliphatic heterocycles. The molecule has 0 heterocycles. The first-order chi connectivity index (χ1) is 11.9. The molecule has 0 fully saturated rings. The third-order valence-electron chi connectivity index (χ3n) is 3.51. The Balaban J connectivity index is 2.00. The van der Waals surface area contributed by atoms with E-state index in [9.17, 15) is 13.2 Å². The number of amides is 1. The van der Waals surface area contributed by atoms with Crippen LogP contribution in [0.1, 0.15) is 18.9 Å².